The van der Waals surface area contributed by atoms with Crippen molar-refractivity contribution in [2.75, 3.05) is 26.7 Å². The first-order valence-corrected chi connectivity index (χ1v) is 5.87. The van der Waals surface area contributed by atoms with Crippen molar-refractivity contribution in [3.8, 4) is 5.75 Å². The second-order valence-corrected chi connectivity index (χ2v) is 3.69. The summed E-state index contributed by atoms with van der Waals surface area (Å²) in [6.07, 6.45) is 0.780. The molecule has 0 aromatic heterocycles. The summed E-state index contributed by atoms with van der Waals surface area (Å²) in [5.41, 5.74) is 1.11. The van der Waals surface area contributed by atoms with Gasteiger partial charge < -0.3 is 15.4 Å². The first-order valence-electron chi connectivity index (χ1n) is 5.87. The number of ether oxygens (including phenoxy) is 1. The first kappa shape index (κ1) is 13.5. The molecule has 1 rings (SSSR count). The lowest BCUT2D eigenvalue weighted by atomic mass is 10.1. The molecule has 4 heteroatoms. The Kier molecular flexibility index (Phi) is 6.10. The van der Waals surface area contributed by atoms with Crippen LogP contribution in [0, 0.1) is 0 Å². The van der Waals surface area contributed by atoms with E-state index in [9.17, 15) is 4.79 Å². The highest BCUT2D eigenvalue weighted by Crippen LogP contribution is 2.16. The summed E-state index contributed by atoms with van der Waals surface area (Å²) in [6, 6.07) is 7.84. The maximum Gasteiger partial charge on any atom is 0.233 e. The molecule has 0 atom stereocenters. The third kappa shape index (κ3) is 4.87. The topological polar surface area (TPSA) is 50.4 Å². The Morgan fingerprint density at radius 2 is 2.12 bits per heavy atom. The highest BCUT2D eigenvalue weighted by atomic mass is 16.5. The van der Waals surface area contributed by atoms with Crippen LogP contribution in [0.5, 0.6) is 5.75 Å². The molecule has 4 nitrogen and oxygen atoms in total. The molecule has 1 aromatic rings. The molecule has 0 unspecified atom stereocenters. The molecule has 0 saturated heterocycles. The molecule has 17 heavy (non-hydrogen) atoms. The molecule has 0 aliphatic carbocycles. The van der Waals surface area contributed by atoms with Crippen LogP contribution in [-0.4, -0.2) is 32.7 Å². The molecule has 2 N–H and O–H groups in total. The molecule has 0 radical (unpaired) electrons. The van der Waals surface area contributed by atoms with Crippen LogP contribution in [0.25, 0.3) is 0 Å². The molecule has 0 heterocycles. The van der Waals surface area contributed by atoms with Crippen molar-refractivity contribution in [2.45, 2.75) is 13.3 Å². The summed E-state index contributed by atoms with van der Waals surface area (Å²) in [7, 11) is 1.66. The van der Waals surface area contributed by atoms with Crippen LogP contribution >= 0.6 is 0 Å². The van der Waals surface area contributed by atoms with Crippen molar-refractivity contribution in [2.24, 2.45) is 0 Å². The molecule has 94 valence electrons. The standard InChI is InChI=1S/C13H20N2O2/c1-3-14-10-13(16)15-9-8-11-6-4-5-7-12(11)17-2/h4-7,14H,3,8-10H2,1-2H3,(H,15,16). The predicted molar refractivity (Wildman–Crippen MR) is 68.3 cm³/mol. The average molecular weight is 236 g/mol. The highest BCUT2D eigenvalue weighted by molar-refractivity contribution is 5.77. The van der Waals surface area contributed by atoms with Gasteiger partial charge in [0.15, 0.2) is 0 Å². The third-order valence-electron chi connectivity index (χ3n) is 2.44. The Labute approximate surface area is 102 Å². The van der Waals surface area contributed by atoms with Crippen LogP contribution in [0.15, 0.2) is 24.3 Å². The van der Waals surface area contributed by atoms with E-state index in [1.54, 1.807) is 7.11 Å². The number of benzene rings is 1. The van der Waals surface area contributed by atoms with Crippen molar-refractivity contribution >= 4 is 5.91 Å². The van der Waals surface area contributed by atoms with Gasteiger partial charge in [-0.2, -0.15) is 0 Å². The van der Waals surface area contributed by atoms with E-state index in [1.165, 1.54) is 0 Å². The molecule has 1 aromatic carbocycles. The number of carbonyl (C=O) groups excluding carboxylic acids is 1. The number of hydrogen-bond acceptors (Lipinski definition) is 3. The minimum absolute atomic E-state index is 0.0294. The van der Waals surface area contributed by atoms with E-state index in [2.05, 4.69) is 10.6 Å². The van der Waals surface area contributed by atoms with Crippen LogP contribution in [0.3, 0.4) is 0 Å². The largest absolute Gasteiger partial charge is 0.496 e. The van der Waals surface area contributed by atoms with Gasteiger partial charge in [0.2, 0.25) is 5.91 Å². The molecule has 0 spiro atoms. The van der Waals surface area contributed by atoms with Crippen LogP contribution in [-0.2, 0) is 11.2 Å². The lowest BCUT2D eigenvalue weighted by molar-refractivity contribution is -0.120. The Hall–Kier alpha value is -1.55. The second kappa shape index (κ2) is 7.68. The summed E-state index contributed by atoms with van der Waals surface area (Å²) in [6.45, 7) is 3.79. The van der Waals surface area contributed by atoms with Gasteiger partial charge in [0.25, 0.3) is 0 Å². The van der Waals surface area contributed by atoms with E-state index in [0.717, 1.165) is 24.3 Å². The normalized spacial score (nSPS) is 10.0. The summed E-state index contributed by atoms with van der Waals surface area (Å²) in [4.78, 5) is 11.3. The number of hydrogen-bond donors (Lipinski definition) is 2. The zero-order valence-corrected chi connectivity index (χ0v) is 10.5. The zero-order chi connectivity index (χ0) is 12.5. The molecule has 0 bridgehead atoms. The highest BCUT2D eigenvalue weighted by Gasteiger charge is 2.03. The Balaban J connectivity index is 2.33. The number of carbonyl (C=O) groups is 1. The quantitative estimate of drug-likeness (QED) is 0.741. The van der Waals surface area contributed by atoms with Gasteiger partial charge in [-0.3, -0.25) is 4.79 Å². The summed E-state index contributed by atoms with van der Waals surface area (Å²) >= 11 is 0. The third-order valence-corrected chi connectivity index (χ3v) is 2.44. The van der Waals surface area contributed by atoms with E-state index in [0.29, 0.717) is 13.1 Å². The fourth-order valence-corrected chi connectivity index (χ4v) is 1.55. The molecule has 1 amide bonds. The van der Waals surface area contributed by atoms with Gasteiger partial charge in [0, 0.05) is 6.54 Å². The Morgan fingerprint density at radius 1 is 1.35 bits per heavy atom. The minimum atomic E-state index is 0.0294. The van der Waals surface area contributed by atoms with Gasteiger partial charge in [-0.15, -0.1) is 0 Å². The number of rotatable bonds is 7. The van der Waals surface area contributed by atoms with Gasteiger partial charge in [-0.1, -0.05) is 25.1 Å². The average Bonchev–Trinajstić information content (AvgIpc) is 2.37. The molecule has 0 fully saturated rings. The molecule has 0 aliphatic heterocycles. The maximum atomic E-state index is 11.3. The van der Waals surface area contributed by atoms with Crippen LogP contribution in [0.1, 0.15) is 12.5 Å². The first-order chi connectivity index (χ1) is 8.27. The van der Waals surface area contributed by atoms with Crippen LogP contribution < -0.4 is 15.4 Å². The van der Waals surface area contributed by atoms with Crippen molar-refractivity contribution in [3.63, 3.8) is 0 Å². The van der Waals surface area contributed by atoms with Crippen molar-refractivity contribution in [3.05, 3.63) is 29.8 Å². The van der Waals surface area contributed by atoms with E-state index < -0.39 is 0 Å². The predicted octanol–water partition coefficient (Wildman–Crippen LogP) is 0.963. The number of likely N-dealkylation sites (N-methyl/N-ethyl adjacent to an activating group) is 1. The lowest BCUT2D eigenvalue weighted by Gasteiger charge is -2.09. The maximum absolute atomic E-state index is 11.3. The van der Waals surface area contributed by atoms with E-state index in [1.807, 2.05) is 31.2 Å². The van der Waals surface area contributed by atoms with E-state index in [-0.39, 0.29) is 5.91 Å². The number of nitrogens with one attached hydrogen (secondary N) is 2. The van der Waals surface area contributed by atoms with Crippen molar-refractivity contribution in [1.29, 1.82) is 0 Å². The van der Waals surface area contributed by atoms with Crippen molar-refractivity contribution < 1.29 is 9.53 Å². The number of methoxy groups -OCH3 is 1. The zero-order valence-electron chi connectivity index (χ0n) is 10.5. The van der Waals surface area contributed by atoms with Gasteiger partial charge in [-0.05, 0) is 24.6 Å². The molecular weight excluding hydrogens is 216 g/mol. The van der Waals surface area contributed by atoms with Gasteiger partial charge in [0.05, 0.1) is 13.7 Å². The second-order valence-electron chi connectivity index (χ2n) is 3.69. The summed E-state index contributed by atoms with van der Waals surface area (Å²) in [5, 5.41) is 5.84. The summed E-state index contributed by atoms with van der Waals surface area (Å²) < 4.78 is 5.24. The number of amides is 1. The lowest BCUT2D eigenvalue weighted by Crippen LogP contribution is -2.34. The van der Waals surface area contributed by atoms with E-state index in [4.69, 9.17) is 4.74 Å². The van der Waals surface area contributed by atoms with Gasteiger partial charge in [-0.25, -0.2) is 0 Å². The van der Waals surface area contributed by atoms with E-state index >= 15 is 0 Å². The Morgan fingerprint density at radius 3 is 2.82 bits per heavy atom. The summed E-state index contributed by atoms with van der Waals surface area (Å²) in [5.74, 6) is 0.898. The van der Waals surface area contributed by atoms with Crippen LogP contribution in [0.4, 0.5) is 0 Å². The fourth-order valence-electron chi connectivity index (χ4n) is 1.55. The SMILES string of the molecule is CCNCC(=O)NCCc1ccccc1OC. The van der Waals surface area contributed by atoms with Gasteiger partial charge in [0.1, 0.15) is 5.75 Å². The minimum Gasteiger partial charge on any atom is -0.496 e. The fraction of sp³-hybridized carbons (Fsp3) is 0.462. The molecule has 0 aliphatic rings. The van der Waals surface area contributed by atoms with Crippen LogP contribution in [0.2, 0.25) is 0 Å². The molecular formula is C13H20N2O2. The Bertz CT molecular complexity index is 353. The smallest absolute Gasteiger partial charge is 0.233 e. The van der Waals surface area contributed by atoms with Crippen molar-refractivity contribution in [1.82, 2.24) is 10.6 Å². The monoisotopic (exact) mass is 236 g/mol. The molecule has 0 saturated carbocycles. The van der Waals surface area contributed by atoms with Gasteiger partial charge >= 0.3 is 0 Å². The number of para-hydroxylation sites is 1.